The van der Waals surface area contributed by atoms with Gasteiger partial charge in [0, 0.05) is 12.4 Å². The molecule has 0 atom stereocenters. The van der Waals surface area contributed by atoms with Crippen LogP contribution < -0.4 is 10.6 Å². The largest absolute Gasteiger partial charge is 0.461 e. The monoisotopic (exact) mass is 342 g/mol. The summed E-state index contributed by atoms with van der Waals surface area (Å²) >= 11 is 1.24. The van der Waals surface area contributed by atoms with E-state index < -0.39 is 11.9 Å². The highest BCUT2D eigenvalue weighted by molar-refractivity contribution is 8.00. The van der Waals surface area contributed by atoms with Crippen molar-refractivity contribution in [3.8, 4) is 11.6 Å². The van der Waals surface area contributed by atoms with Crippen LogP contribution in [0, 0.1) is 0 Å². The number of benzene rings is 1. The minimum atomic E-state index is -0.538. The maximum Gasteiger partial charge on any atom is 0.321 e. The number of rotatable bonds is 4. The van der Waals surface area contributed by atoms with Gasteiger partial charge in [0.05, 0.1) is 17.5 Å². The number of hydrogen-bond donors (Lipinski definition) is 2. The third kappa shape index (κ3) is 3.54. The SMILES string of the molecule is CNC(=O)NC(=O)CSc1nc(-c2ccco2)nc2ccccc12. The highest BCUT2D eigenvalue weighted by atomic mass is 32.2. The van der Waals surface area contributed by atoms with E-state index in [0.717, 1.165) is 10.9 Å². The number of para-hydroxylation sites is 1. The third-order valence-electron chi connectivity index (χ3n) is 3.13. The van der Waals surface area contributed by atoms with Crippen molar-refractivity contribution in [2.45, 2.75) is 5.03 Å². The number of furan rings is 1. The molecule has 3 rings (SSSR count). The lowest BCUT2D eigenvalue weighted by molar-refractivity contribution is -0.117. The Hall–Kier alpha value is -2.87. The number of imide groups is 1. The molecule has 0 aliphatic carbocycles. The molecule has 0 radical (unpaired) electrons. The van der Waals surface area contributed by atoms with Gasteiger partial charge >= 0.3 is 6.03 Å². The van der Waals surface area contributed by atoms with E-state index in [4.69, 9.17) is 4.42 Å². The molecule has 24 heavy (non-hydrogen) atoms. The number of carbonyl (C=O) groups excluding carboxylic acids is 2. The molecule has 2 N–H and O–H groups in total. The minimum Gasteiger partial charge on any atom is -0.461 e. The van der Waals surface area contributed by atoms with E-state index >= 15 is 0 Å². The van der Waals surface area contributed by atoms with Crippen LogP contribution >= 0.6 is 11.8 Å². The first kappa shape index (κ1) is 16.0. The Labute approximate surface area is 141 Å². The molecular formula is C16H14N4O3S. The molecule has 0 fully saturated rings. The zero-order chi connectivity index (χ0) is 16.9. The summed E-state index contributed by atoms with van der Waals surface area (Å²) in [7, 11) is 1.45. The number of nitrogens with zero attached hydrogens (tertiary/aromatic N) is 2. The van der Waals surface area contributed by atoms with Crippen molar-refractivity contribution in [2.75, 3.05) is 12.8 Å². The number of aromatic nitrogens is 2. The molecular weight excluding hydrogens is 328 g/mol. The molecule has 122 valence electrons. The van der Waals surface area contributed by atoms with E-state index in [1.165, 1.54) is 18.8 Å². The van der Waals surface area contributed by atoms with Crippen molar-refractivity contribution in [1.29, 1.82) is 0 Å². The van der Waals surface area contributed by atoms with E-state index in [2.05, 4.69) is 20.6 Å². The first-order valence-electron chi connectivity index (χ1n) is 7.12. The van der Waals surface area contributed by atoms with Crippen LogP contribution in [0.25, 0.3) is 22.5 Å². The number of amides is 3. The summed E-state index contributed by atoms with van der Waals surface area (Å²) in [6.45, 7) is 0. The van der Waals surface area contributed by atoms with Crippen LogP contribution in [0.15, 0.2) is 52.1 Å². The average Bonchev–Trinajstić information content (AvgIpc) is 3.14. The second kappa shape index (κ2) is 7.14. The van der Waals surface area contributed by atoms with Gasteiger partial charge in [0.1, 0.15) is 5.03 Å². The molecule has 3 aromatic rings. The fourth-order valence-electron chi connectivity index (χ4n) is 2.03. The zero-order valence-electron chi connectivity index (χ0n) is 12.8. The molecule has 8 heteroatoms. The van der Waals surface area contributed by atoms with Gasteiger partial charge in [0.2, 0.25) is 5.91 Å². The molecule has 2 heterocycles. The van der Waals surface area contributed by atoms with Crippen LogP contribution in [0.5, 0.6) is 0 Å². The lowest BCUT2D eigenvalue weighted by Crippen LogP contribution is -2.38. The molecule has 0 unspecified atom stereocenters. The highest BCUT2D eigenvalue weighted by Crippen LogP contribution is 2.28. The smallest absolute Gasteiger partial charge is 0.321 e. The first-order chi connectivity index (χ1) is 11.7. The van der Waals surface area contributed by atoms with E-state index in [9.17, 15) is 9.59 Å². The molecule has 3 amide bonds. The van der Waals surface area contributed by atoms with Gasteiger partial charge in [0.25, 0.3) is 0 Å². The second-order valence-electron chi connectivity index (χ2n) is 4.76. The lowest BCUT2D eigenvalue weighted by atomic mass is 10.2. The Morgan fingerprint density at radius 2 is 2.00 bits per heavy atom. The van der Waals surface area contributed by atoms with E-state index in [1.807, 2.05) is 24.3 Å². The maximum atomic E-state index is 11.8. The predicted molar refractivity (Wildman–Crippen MR) is 90.6 cm³/mol. The van der Waals surface area contributed by atoms with E-state index in [-0.39, 0.29) is 5.75 Å². The Balaban J connectivity index is 1.88. The normalized spacial score (nSPS) is 10.5. The van der Waals surface area contributed by atoms with Crippen molar-refractivity contribution in [3.63, 3.8) is 0 Å². The Bertz CT molecular complexity index is 880. The standard InChI is InChI=1S/C16H14N4O3S/c1-17-16(22)19-13(21)9-24-15-10-5-2-3-6-11(10)18-14(20-15)12-7-4-8-23-12/h2-8H,9H2,1H3,(H2,17,19,21,22). The summed E-state index contributed by atoms with van der Waals surface area (Å²) in [6.07, 6.45) is 1.55. The van der Waals surface area contributed by atoms with Crippen LogP contribution in [-0.2, 0) is 4.79 Å². The van der Waals surface area contributed by atoms with Crippen molar-refractivity contribution >= 4 is 34.6 Å². The van der Waals surface area contributed by atoms with Crippen LogP contribution in [0.2, 0.25) is 0 Å². The average molecular weight is 342 g/mol. The predicted octanol–water partition coefficient (Wildman–Crippen LogP) is 2.44. The van der Waals surface area contributed by atoms with Gasteiger partial charge in [-0.15, -0.1) is 0 Å². The summed E-state index contributed by atoms with van der Waals surface area (Å²) < 4.78 is 5.35. The molecule has 0 saturated heterocycles. The van der Waals surface area contributed by atoms with Crippen molar-refractivity contribution in [1.82, 2.24) is 20.6 Å². The molecule has 0 aliphatic heterocycles. The van der Waals surface area contributed by atoms with E-state index in [0.29, 0.717) is 16.6 Å². The van der Waals surface area contributed by atoms with Gasteiger partial charge in [-0.2, -0.15) is 0 Å². The summed E-state index contributed by atoms with van der Waals surface area (Å²) in [5, 5.41) is 6.04. The van der Waals surface area contributed by atoms with Crippen LogP contribution in [0.1, 0.15) is 0 Å². The molecule has 7 nitrogen and oxygen atoms in total. The van der Waals surface area contributed by atoms with Crippen LogP contribution in [0.4, 0.5) is 4.79 Å². The lowest BCUT2D eigenvalue weighted by Gasteiger charge is -2.07. The maximum absolute atomic E-state index is 11.8. The third-order valence-corrected chi connectivity index (χ3v) is 4.12. The van der Waals surface area contributed by atoms with Gasteiger partial charge in [-0.1, -0.05) is 30.0 Å². The Kier molecular flexibility index (Phi) is 4.76. The molecule has 0 saturated carbocycles. The second-order valence-corrected chi connectivity index (χ2v) is 5.73. The van der Waals surface area contributed by atoms with Crippen molar-refractivity contribution in [3.05, 3.63) is 42.7 Å². The van der Waals surface area contributed by atoms with Gasteiger partial charge in [-0.3, -0.25) is 10.1 Å². The molecule has 0 aliphatic rings. The first-order valence-corrected chi connectivity index (χ1v) is 8.11. The van der Waals surface area contributed by atoms with Crippen molar-refractivity contribution in [2.24, 2.45) is 0 Å². The number of urea groups is 1. The summed E-state index contributed by atoms with van der Waals surface area (Å²) in [6, 6.07) is 10.5. The number of carbonyl (C=O) groups is 2. The fraction of sp³-hybridized carbons (Fsp3) is 0.125. The number of hydrogen-bond acceptors (Lipinski definition) is 6. The molecule has 1 aromatic carbocycles. The van der Waals surface area contributed by atoms with Crippen LogP contribution in [0.3, 0.4) is 0 Å². The summed E-state index contributed by atoms with van der Waals surface area (Å²) in [5.41, 5.74) is 0.758. The fourth-order valence-corrected chi connectivity index (χ4v) is 2.85. The Morgan fingerprint density at radius 1 is 1.17 bits per heavy atom. The quantitative estimate of drug-likeness (QED) is 0.558. The number of nitrogens with one attached hydrogen (secondary N) is 2. The van der Waals surface area contributed by atoms with Crippen LogP contribution in [-0.4, -0.2) is 34.7 Å². The topological polar surface area (TPSA) is 97.1 Å². The molecule has 2 aromatic heterocycles. The Morgan fingerprint density at radius 3 is 2.75 bits per heavy atom. The van der Waals surface area contributed by atoms with Crippen molar-refractivity contribution < 1.29 is 14.0 Å². The van der Waals surface area contributed by atoms with Gasteiger partial charge in [0.15, 0.2) is 11.6 Å². The minimum absolute atomic E-state index is 0.0615. The molecule has 0 bridgehead atoms. The number of thioether (sulfide) groups is 1. The summed E-state index contributed by atoms with van der Waals surface area (Å²) in [4.78, 5) is 31.9. The highest BCUT2D eigenvalue weighted by Gasteiger charge is 2.13. The van der Waals surface area contributed by atoms with Gasteiger partial charge < -0.3 is 9.73 Å². The summed E-state index contributed by atoms with van der Waals surface area (Å²) in [5.74, 6) is 0.665. The zero-order valence-corrected chi connectivity index (χ0v) is 13.6. The molecule has 0 spiro atoms. The van der Waals surface area contributed by atoms with Gasteiger partial charge in [-0.25, -0.2) is 14.8 Å². The van der Waals surface area contributed by atoms with Gasteiger partial charge in [-0.05, 0) is 18.2 Å². The number of fused-ring (bicyclic) bond motifs is 1. The van der Waals surface area contributed by atoms with E-state index in [1.54, 1.807) is 18.4 Å².